The first-order valence-corrected chi connectivity index (χ1v) is 10.6. The maximum absolute atomic E-state index is 12.8. The summed E-state index contributed by atoms with van der Waals surface area (Å²) in [5, 5.41) is 4.29. The van der Waals surface area contributed by atoms with Crippen molar-refractivity contribution in [3.05, 3.63) is 69.7 Å². The molecule has 0 radical (unpaired) electrons. The van der Waals surface area contributed by atoms with Crippen LogP contribution in [0, 0.1) is 6.92 Å². The third kappa shape index (κ3) is 4.83. The summed E-state index contributed by atoms with van der Waals surface area (Å²) in [7, 11) is 0. The Hall–Kier alpha value is -2.70. The molecule has 0 fully saturated rings. The lowest BCUT2D eigenvalue weighted by Gasteiger charge is -2.19. The minimum Gasteiger partial charge on any atom is -0.339 e. The van der Waals surface area contributed by atoms with E-state index in [0.717, 1.165) is 10.6 Å². The zero-order valence-corrected chi connectivity index (χ0v) is 18.1. The van der Waals surface area contributed by atoms with Gasteiger partial charge < -0.3 is 10.2 Å². The van der Waals surface area contributed by atoms with Gasteiger partial charge in [-0.05, 0) is 51.1 Å². The molecular weight excluding hydrogens is 406 g/mol. The number of aromatic nitrogens is 1. The Morgan fingerprint density at radius 3 is 2.45 bits per heavy atom. The van der Waals surface area contributed by atoms with Crippen LogP contribution in [0.5, 0.6) is 0 Å². The summed E-state index contributed by atoms with van der Waals surface area (Å²) in [4.78, 5) is 32.2. The molecule has 2 aromatic carbocycles. The van der Waals surface area contributed by atoms with Crippen molar-refractivity contribution in [1.82, 2.24) is 9.88 Å². The summed E-state index contributed by atoms with van der Waals surface area (Å²) in [6.45, 7) is 6.97. The van der Waals surface area contributed by atoms with Gasteiger partial charge in [0, 0.05) is 34.9 Å². The predicted molar refractivity (Wildman–Crippen MR) is 119 cm³/mol. The second kappa shape index (κ2) is 9.20. The number of benzene rings is 2. The highest BCUT2D eigenvalue weighted by Crippen LogP contribution is 2.29. The van der Waals surface area contributed by atoms with Crippen LogP contribution < -0.4 is 5.32 Å². The third-order valence-corrected chi connectivity index (χ3v) is 5.97. The zero-order valence-electron chi connectivity index (χ0n) is 16.5. The van der Waals surface area contributed by atoms with Gasteiger partial charge in [0.15, 0.2) is 0 Å². The number of thiazole rings is 1. The molecule has 1 aromatic heterocycles. The number of halogens is 1. The Morgan fingerprint density at radius 1 is 1.10 bits per heavy atom. The van der Waals surface area contributed by atoms with Crippen LogP contribution >= 0.6 is 22.9 Å². The SMILES string of the molecule is CCN(CC)C(=O)c1cccc(NC(=O)c2sc(-c3ccc(Cl)cc3)nc2C)c1. The van der Waals surface area contributed by atoms with Crippen LogP contribution in [0.1, 0.15) is 39.6 Å². The Balaban J connectivity index is 1.80. The number of amides is 2. The van der Waals surface area contributed by atoms with Gasteiger partial charge in [0.1, 0.15) is 9.88 Å². The summed E-state index contributed by atoms with van der Waals surface area (Å²) in [6, 6.07) is 14.4. The highest BCUT2D eigenvalue weighted by Gasteiger charge is 2.18. The smallest absolute Gasteiger partial charge is 0.267 e. The van der Waals surface area contributed by atoms with Crippen molar-refractivity contribution in [3.8, 4) is 10.6 Å². The molecule has 0 aliphatic carbocycles. The van der Waals surface area contributed by atoms with E-state index in [-0.39, 0.29) is 11.8 Å². The summed E-state index contributed by atoms with van der Waals surface area (Å²) >= 11 is 7.27. The Labute approximate surface area is 179 Å². The number of hydrogen-bond donors (Lipinski definition) is 1. The molecule has 29 heavy (non-hydrogen) atoms. The molecule has 0 spiro atoms. The molecule has 2 amide bonds. The average molecular weight is 428 g/mol. The molecule has 7 heteroatoms. The van der Waals surface area contributed by atoms with Gasteiger partial charge in [0.2, 0.25) is 0 Å². The Kier molecular flexibility index (Phi) is 6.67. The number of hydrogen-bond acceptors (Lipinski definition) is 4. The first-order chi connectivity index (χ1) is 13.9. The van der Waals surface area contributed by atoms with Crippen molar-refractivity contribution in [3.63, 3.8) is 0 Å². The quantitative estimate of drug-likeness (QED) is 0.564. The van der Waals surface area contributed by atoms with Crippen LogP contribution in [0.3, 0.4) is 0 Å². The molecule has 3 rings (SSSR count). The summed E-state index contributed by atoms with van der Waals surface area (Å²) in [5.74, 6) is -0.294. The molecule has 1 N–H and O–H groups in total. The van der Waals surface area contributed by atoms with Crippen LogP contribution in [0.2, 0.25) is 5.02 Å². The monoisotopic (exact) mass is 427 g/mol. The number of carbonyl (C=O) groups is 2. The molecule has 5 nitrogen and oxygen atoms in total. The zero-order chi connectivity index (χ0) is 21.0. The van der Waals surface area contributed by atoms with E-state index in [0.29, 0.717) is 39.9 Å². The number of rotatable bonds is 6. The van der Waals surface area contributed by atoms with Crippen molar-refractivity contribution in [2.45, 2.75) is 20.8 Å². The van der Waals surface area contributed by atoms with E-state index in [1.165, 1.54) is 11.3 Å². The van der Waals surface area contributed by atoms with Crippen LogP contribution in [-0.2, 0) is 0 Å². The lowest BCUT2D eigenvalue weighted by atomic mass is 10.1. The van der Waals surface area contributed by atoms with Crippen molar-refractivity contribution in [1.29, 1.82) is 0 Å². The van der Waals surface area contributed by atoms with E-state index < -0.39 is 0 Å². The van der Waals surface area contributed by atoms with Gasteiger partial charge in [-0.15, -0.1) is 11.3 Å². The fourth-order valence-corrected chi connectivity index (χ4v) is 4.03. The minimum absolute atomic E-state index is 0.0508. The number of nitrogens with one attached hydrogen (secondary N) is 1. The van der Waals surface area contributed by atoms with Crippen molar-refractivity contribution < 1.29 is 9.59 Å². The van der Waals surface area contributed by atoms with Crippen molar-refractivity contribution in [2.75, 3.05) is 18.4 Å². The maximum Gasteiger partial charge on any atom is 0.267 e. The molecule has 0 atom stereocenters. The highest BCUT2D eigenvalue weighted by molar-refractivity contribution is 7.17. The van der Waals surface area contributed by atoms with Gasteiger partial charge in [0.05, 0.1) is 5.69 Å². The van der Waals surface area contributed by atoms with Gasteiger partial charge in [-0.3, -0.25) is 9.59 Å². The molecule has 150 valence electrons. The van der Waals surface area contributed by atoms with Gasteiger partial charge in [-0.25, -0.2) is 4.98 Å². The average Bonchev–Trinajstić information content (AvgIpc) is 3.11. The molecule has 0 aliphatic heterocycles. The number of carbonyl (C=O) groups excluding carboxylic acids is 2. The second-order valence-electron chi connectivity index (χ2n) is 6.45. The van der Waals surface area contributed by atoms with E-state index in [4.69, 9.17) is 11.6 Å². The van der Waals surface area contributed by atoms with Crippen molar-refractivity contribution >= 4 is 40.4 Å². The van der Waals surface area contributed by atoms with Crippen LogP contribution in [0.4, 0.5) is 5.69 Å². The normalized spacial score (nSPS) is 10.6. The largest absolute Gasteiger partial charge is 0.339 e. The predicted octanol–water partition coefficient (Wildman–Crippen LogP) is 5.51. The standard InChI is InChI=1S/C22H22ClN3O2S/c1-4-26(5-2)22(28)16-7-6-8-18(13-16)25-20(27)19-14(3)24-21(29-19)15-9-11-17(23)12-10-15/h6-13H,4-5H2,1-3H3,(H,25,27). The molecule has 0 saturated carbocycles. The third-order valence-electron chi connectivity index (χ3n) is 4.51. The van der Waals surface area contributed by atoms with E-state index >= 15 is 0 Å². The number of aryl methyl sites for hydroxylation is 1. The number of anilines is 1. The highest BCUT2D eigenvalue weighted by atomic mass is 35.5. The van der Waals surface area contributed by atoms with E-state index in [9.17, 15) is 9.59 Å². The van der Waals surface area contributed by atoms with E-state index in [1.807, 2.05) is 32.9 Å². The lowest BCUT2D eigenvalue weighted by molar-refractivity contribution is 0.0772. The van der Waals surface area contributed by atoms with Gasteiger partial charge in [-0.1, -0.05) is 29.8 Å². The van der Waals surface area contributed by atoms with Crippen LogP contribution in [-0.4, -0.2) is 34.8 Å². The molecule has 1 heterocycles. The summed E-state index contributed by atoms with van der Waals surface area (Å²) in [6.07, 6.45) is 0. The molecule has 0 unspecified atom stereocenters. The Bertz CT molecular complexity index is 1030. The Morgan fingerprint density at radius 2 is 1.79 bits per heavy atom. The lowest BCUT2D eigenvalue weighted by Crippen LogP contribution is -2.30. The molecule has 0 bridgehead atoms. The first kappa shape index (κ1) is 21.0. The fourth-order valence-electron chi connectivity index (χ4n) is 2.93. The number of nitrogens with zero attached hydrogens (tertiary/aromatic N) is 2. The van der Waals surface area contributed by atoms with Crippen LogP contribution in [0.15, 0.2) is 48.5 Å². The van der Waals surface area contributed by atoms with Crippen molar-refractivity contribution in [2.24, 2.45) is 0 Å². The van der Waals surface area contributed by atoms with Crippen LogP contribution in [0.25, 0.3) is 10.6 Å². The molecule has 0 aliphatic rings. The molecule has 3 aromatic rings. The summed E-state index contributed by atoms with van der Waals surface area (Å²) in [5.41, 5.74) is 2.70. The first-order valence-electron chi connectivity index (χ1n) is 9.37. The van der Waals surface area contributed by atoms with E-state index in [2.05, 4.69) is 10.3 Å². The van der Waals surface area contributed by atoms with Gasteiger partial charge in [0.25, 0.3) is 11.8 Å². The second-order valence-corrected chi connectivity index (χ2v) is 7.89. The fraction of sp³-hybridized carbons (Fsp3) is 0.227. The van der Waals surface area contributed by atoms with Gasteiger partial charge >= 0.3 is 0 Å². The maximum atomic E-state index is 12.8. The molecular formula is C22H22ClN3O2S. The molecule has 0 saturated heterocycles. The van der Waals surface area contributed by atoms with Gasteiger partial charge in [-0.2, -0.15) is 0 Å². The minimum atomic E-state index is -0.243. The van der Waals surface area contributed by atoms with E-state index in [1.54, 1.807) is 41.3 Å². The topological polar surface area (TPSA) is 62.3 Å². The summed E-state index contributed by atoms with van der Waals surface area (Å²) < 4.78 is 0.